The van der Waals surface area contributed by atoms with Gasteiger partial charge in [-0.15, -0.1) is 0 Å². The third-order valence-corrected chi connectivity index (χ3v) is 3.81. The monoisotopic (exact) mass is 368 g/mol. The summed E-state index contributed by atoms with van der Waals surface area (Å²) >= 11 is 6.06. The number of alkyl halides is 2. The third-order valence-electron chi connectivity index (χ3n) is 3.50. The van der Waals surface area contributed by atoms with E-state index in [-0.39, 0.29) is 22.7 Å². The molecule has 0 aliphatic heterocycles. The van der Waals surface area contributed by atoms with E-state index in [1.807, 2.05) is 6.92 Å². The highest BCUT2D eigenvalue weighted by atomic mass is 35.5. The van der Waals surface area contributed by atoms with Crippen LogP contribution in [0.3, 0.4) is 0 Å². The average molecular weight is 369 g/mol. The van der Waals surface area contributed by atoms with Crippen molar-refractivity contribution in [2.45, 2.75) is 13.3 Å². The Labute approximate surface area is 150 Å². The van der Waals surface area contributed by atoms with Crippen LogP contribution in [0.2, 0.25) is 5.02 Å². The van der Waals surface area contributed by atoms with Crippen LogP contribution in [0.1, 0.15) is 18.9 Å². The lowest BCUT2D eigenvalue weighted by atomic mass is 10.1. The molecule has 0 amide bonds. The SMILES string of the molecule is CCN(C)C=Nc1cc(OC)c(Oc2ccccc2Cl)cc1C(F)F. The van der Waals surface area contributed by atoms with E-state index in [0.717, 1.165) is 0 Å². The molecule has 0 saturated heterocycles. The van der Waals surface area contributed by atoms with Crippen LogP contribution >= 0.6 is 11.6 Å². The summed E-state index contributed by atoms with van der Waals surface area (Å²) in [5.41, 5.74) is -0.123. The van der Waals surface area contributed by atoms with Crippen molar-refractivity contribution in [1.82, 2.24) is 4.90 Å². The number of ether oxygens (including phenoxy) is 2. The molecule has 0 aliphatic rings. The zero-order valence-electron chi connectivity index (χ0n) is 14.2. The fourth-order valence-corrected chi connectivity index (χ4v) is 2.15. The summed E-state index contributed by atoms with van der Waals surface area (Å²) in [5.74, 6) is 0.786. The molecule has 0 fully saturated rings. The number of hydrogen-bond acceptors (Lipinski definition) is 3. The topological polar surface area (TPSA) is 34.1 Å². The van der Waals surface area contributed by atoms with E-state index < -0.39 is 6.43 Å². The molecule has 25 heavy (non-hydrogen) atoms. The van der Waals surface area contributed by atoms with Crippen LogP contribution in [0.15, 0.2) is 41.4 Å². The second-order valence-electron chi connectivity index (χ2n) is 5.21. The van der Waals surface area contributed by atoms with E-state index in [1.54, 1.807) is 36.2 Å². The highest BCUT2D eigenvalue weighted by Gasteiger charge is 2.19. The minimum absolute atomic E-state index is 0.124. The van der Waals surface area contributed by atoms with Crippen molar-refractivity contribution < 1.29 is 18.3 Å². The summed E-state index contributed by atoms with van der Waals surface area (Å²) in [5, 5.41) is 0.370. The molecule has 0 heterocycles. The number of methoxy groups -OCH3 is 1. The van der Waals surface area contributed by atoms with Crippen molar-refractivity contribution in [2.75, 3.05) is 20.7 Å². The van der Waals surface area contributed by atoms with Gasteiger partial charge in [-0.05, 0) is 25.1 Å². The van der Waals surface area contributed by atoms with Gasteiger partial charge in [0.1, 0.15) is 5.75 Å². The molecule has 0 radical (unpaired) electrons. The number of hydrogen-bond donors (Lipinski definition) is 0. The molecule has 4 nitrogen and oxygen atoms in total. The zero-order valence-corrected chi connectivity index (χ0v) is 14.9. The molecule has 134 valence electrons. The number of aliphatic imine (C=N–C) groups is 1. The lowest BCUT2D eigenvalue weighted by Gasteiger charge is -2.15. The smallest absolute Gasteiger partial charge is 0.266 e. The Balaban J connectivity index is 2.46. The number of nitrogens with zero attached hydrogens (tertiary/aromatic N) is 2. The van der Waals surface area contributed by atoms with Crippen LogP contribution in [-0.4, -0.2) is 31.9 Å². The van der Waals surface area contributed by atoms with Gasteiger partial charge in [0.05, 0.1) is 24.2 Å². The quantitative estimate of drug-likeness (QED) is 0.465. The second kappa shape index (κ2) is 8.67. The molecular weight excluding hydrogens is 350 g/mol. The largest absolute Gasteiger partial charge is 0.493 e. The first-order valence-electron chi connectivity index (χ1n) is 7.63. The Hall–Kier alpha value is -2.34. The maximum absolute atomic E-state index is 13.5. The number of rotatable bonds is 7. The van der Waals surface area contributed by atoms with Gasteiger partial charge in [0, 0.05) is 25.2 Å². The summed E-state index contributed by atoms with van der Waals surface area (Å²) in [7, 11) is 3.24. The number of halogens is 3. The maximum atomic E-state index is 13.5. The molecule has 0 saturated carbocycles. The minimum atomic E-state index is -2.71. The molecule has 0 unspecified atom stereocenters. The van der Waals surface area contributed by atoms with Gasteiger partial charge in [0.2, 0.25) is 0 Å². The van der Waals surface area contributed by atoms with Gasteiger partial charge in [0.15, 0.2) is 11.5 Å². The van der Waals surface area contributed by atoms with Crippen LogP contribution in [0.5, 0.6) is 17.2 Å². The molecule has 0 spiro atoms. The molecule has 7 heteroatoms. The molecule has 0 N–H and O–H groups in total. The van der Waals surface area contributed by atoms with Gasteiger partial charge in [0.25, 0.3) is 6.43 Å². The molecular formula is C18H19ClF2N2O2. The van der Waals surface area contributed by atoms with Crippen molar-refractivity contribution >= 4 is 23.6 Å². The van der Waals surface area contributed by atoms with E-state index in [1.165, 1.54) is 25.6 Å². The first-order valence-corrected chi connectivity index (χ1v) is 8.01. The van der Waals surface area contributed by atoms with Gasteiger partial charge >= 0.3 is 0 Å². The first kappa shape index (κ1) is 19.0. The van der Waals surface area contributed by atoms with Crippen molar-refractivity contribution in [1.29, 1.82) is 0 Å². The van der Waals surface area contributed by atoms with Gasteiger partial charge < -0.3 is 14.4 Å². The van der Waals surface area contributed by atoms with Crippen molar-refractivity contribution in [3.05, 3.63) is 47.0 Å². The van der Waals surface area contributed by atoms with E-state index in [0.29, 0.717) is 17.3 Å². The molecule has 2 aromatic carbocycles. The summed E-state index contributed by atoms with van der Waals surface area (Å²) < 4.78 is 37.9. The molecule has 2 aromatic rings. The van der Waals surface area contributed by atoms with Crippen molar-refractivity contribution in [3.8, 4) is 17.2 Å². The molecule has 2 rings (SSSR count). The predicted octanol–water partition coefficient (Wildman–Crippen LogP) is 5.69. The fraction of sp³-hybridized carbons (Fsp3) is 0.278. The molecule has 0 aromatic heterocycles. The predicted molar refractivity (Wildman–Crippen MR) is 95.9 cm³/mol. The number of benzene rings is 2. The Kier molecular flexibility index (Phi) is 6.58. The lowest BCUT2D eigenvalue weighted by Crippen LogP contribution is -2.14. The third kappa shape index (κ3) is 4.82. The lowest BCUT2D eigenvalue weighted by molar-refractivity contribution is 0.151. The summed E-state index contributed by atoms with van der Waals surface area (Å²) in [6.07, 6.45) is -1.21. The van der Waals surface area contributed by atoms with Gasteiger partial charge in [-0.2, -0.15) is 0 Å². The van der Waals surface area contributed by atoms with Crippen LogP contribution in [0.4, 0.5) is 14.5 Å². The second-order valence-corrected chi connectivity index (χ2v) is 5.62. The van der Waals surface area contributed by atoms with Gasteiger partial charge in [-0.3, -0.25) is 0 Å². The normalized spacial score (nSPS) is 11.2. The Morgan fingerprint density at radius 1 is 1.20 bits per heavy atom. The Morgan fingerprint density at radius 2 is 1.92 bits per heavy atom. The maximum Gasteiger partial charge on any atom is 0.266 e. The highest BCUT2D eigenvalue weighted by Crippen LogP contribution is 2.42. The zero-order chi connectivity index (χ0) is 18.4. The summed E-state index contributed by atoms with van der Waals surface area (Å²) in [6, 6.07) is 9.43. The van der Waals surface area contributed by atoms with E-state index in [2.05, 4.69) is 4.99 Å². The highest BCUT2D eigenvalue weighted by molar-refractivity contribution is 6.32. The van der Waals surface area contributed by atoms with Crippen molar-refractivity contribution in [3.63, 3.8) is 0 Å². The van der Waals surface area contributed by atoms with Gasteiger partial charge in [-0.25, -0.2) is 13.8 Å². The molecule has 0 atom stereocenters. The van der Waals surface area contributed by atoms with Crippen molar-refractivity contribution in [2.24, 2.45) is 4.99 Å². The molecule has 0 bridgehead atoms. The van der Waals surface area contributed by atoms with Crippen LogP contribution in [0, 0.1) is 0 Å². The van der Waals surface area contributed by atoms with E-state index in [4.69, 9.17) is 21.1 Å². The molecule has 0 aliphatic carbocycles. The fourth-order valence-electron chi connectivity index (χ4n) is 1.98. The standard InChI is InChI=1S/C18H19ClF2N2O2/c1-4-23(2)11-22-14-10-16(24-3)17(9-12(14)18(20)21)25-15-8-6-5-7-13(15)19/h5-11,18H,4H2,1-3H3. The Morgan fingerprint density at radius 3 is 2.52 bits per heavy atom. The van der Waals surface area contributed by atoms with Crippen LogP contribution in [-0.2, 0) is 0 Å². The van der Waals surface area contributed by atoms with Gasteiger partial charge in [-0.1, -0.05) is 23.7 Å². The Bertz CT molecular complexity index is 754. The van der Waals surface area contributed by atoms with E-state index in [9.17, 15) is 8.78 Å². The minimum Gasteiger partial charge on any atom is -0.493 e. The summed E-state index contributed by atoms with van der Waals surface area (Å²) in [6.45, 7) is 2.64. The van der Waals surface area contributed by atoms with Crippen LogP contribution in [0.25, 0.3) is 0 Å². The van der Waals surface area contributed by atoms with Crippen LogP contribution < -0.4 is 9.47 Å². The van der Waals surface area contributed by atoms with E-state index >= 15 is 0 Å². The summed E-state index contributed by atoms with van der Waals surface area (Å²) in [4.78, 5) is 5.91. The first-order chi connectivity index (χ1) is 12.0. The average Bonchev–Trinajstić information content (AvgIpc) is 2.61. The number of para-hydroxylation sites is 1.